The number of carboxylic acids is 1. The third-order valence-electron chi connectivity index (χ3n) is 8.52. The first-order chi connectivity index (χ1) is 21.1. The lowest BCUT2D eigenvalue weighted by Crippen LogP contribution is -2.46. The van der Waals surface area contributed by atoms with Crippen LogP contribution in [-0.4, -0.2) is 94.0 Å². The number of piperazine rings is 1. The van der Waals surface area contributed by atoms with E-state index in [0.717, 1.165) is 75.1 Å². The Labute approximate surface area is 253 Å². The number of halogens is 3. The van der Waals surface area contributed by atoms with E-state index in [4.69, 9.17) is 14.8 Å². The van der Waals surface area contributed by atoms with Crippen LogP contribution < -0.4 is 5.32 Å². The second-order valence-electron chi connectivity index (χ2n) is 11.6. The number of aromatic nitrogens is 2. The molecule has 44 heavy (non-hydrogen) atoms. The van der Waals surface area contributed by atoms with Gasteiger partial charge in [0.05, 0.1) is 23.2 Å². The van der Waals surface area contributed by atoms with Gasteiger partial charge in [0.1, 0.15) is 6.61 Å². The summed E-state index contributed by atoms with van der Waals surface area (Å²) in [5.41, 5.74) is 1.60. The number of aliphatic hydroxyl groups is 1. The Balaban J connectivity index is 1.31. The summed E-state index contributed by atoms with van der Waals surface area (Å²) in [7, 11) is 0. The number of imidazole rings is 1. The molecule has 1 saturated heterocycles. The minimum Gasteiger partial charge on any atom is -0.480 e. The van der Waals surface area contributed by atoms with E-state index >= 15 is 0 Å². The minimum absolute atomic E-state index is 0.0259. The van der Waals surface area contributed by atoms with Crippen molar-refractivity contribution in [2.24, 2.45) is 5.92 Å². The van der Waals surface area contributed by atoms with Crippen LogP contribution in [0.25, 0.3) is 11.0 Å². The SMILES string of the molecule is O=C(O)COCCN1CCN(Cc2ccc3c(c2)nc(NC(=O)c2cccc(C(F)(F)F)c2)n3[C@H]2CC[C@@H](CO)CC2)CC1. The third-order valence-corrected chi connectivity index (χ3v) is 8.52. The van der Waals surface area contributed by atoms with Gasteiger partial charge in [-0.1, -0.05) is 12.1 Å². The zero-order chi connectivity index (χ0) is 31.3. The van der Waals surface area contributed by atoms with Crippen LogP contribution in [0.1, 0.15) is 53.2 Å². The fourth-order valence-electron chi connectivity index (χ4n) is 6.08. The first kappa shape index (κ1) is 31.9. The molecule has 1 aliphatic carbocycles. The third kappa shape index (κ3) is 7.95. The predicted molar refractivity (Wildman–Crippen MR) is 157 cm³/mol. The van der Waals surface area contributed by atoms with Gasteiger partial charge in [-0.2, -0.15) is 13.2 Å². The average molecular weight is 618 g/mol. The molecule has 10 nitrogen and oxygen atoms in total. The number of carboxylic acid groups (broad SMARTS) is 1. The number of nitrogens with one attached hydrogen (secondary N) is 1. The van der Waals surface area contributed by atoms with Crippen LogP contribution in [0.15, 0.2) is 42.5 Å². The molecule has 1 saturated carbocycles. The summed E-state index contributed by atoms with van der Waals surface area (Å²) >= 11 is 0. The van der Waals surface area contributed by atoms with Crippen LogP contribution in [0.3, 0.4) is 0 Å². The molecule has 0 bridgehead atoms. The highest BCUT2D eigenvalue weighted by Gasteiger charge is 2.31. The van der Waals surface area contributed by atoms with E-state index in [-0.39, 0.29) is 30.7 Å². The Morgan fingerprint density at radius 2 is 1.73 bits per heavy atom. The Hall–Kier alpha value is -3.52. The number of alkyl halides is 3. The van der Waals surface area contributed by atoms with Crippen LogP contribution >= 0.6 is 0 Å². The molecule has 1 aromatic heterocycles. The van der Waals surface area contributed by atoms with Gasteiger partial charge in [-0.25, -0.2) is 9.78 Å². The summed E-state index contributed by atoms with van der Waals surface area (Å²) in [5.74, 6) is -1.11. The number of nitrogens with zero attached hydrogens (tertiary/aromatic N) is 4. The number of fused-ring (bicyclic) bond motifs is 1. The molecule has 0 radical (unpaired) electrons. The number of hydrogen-bond donors (Lipinski definition) is 3. The molecule has 2 aliphatic rings. The zero-order valence-corrected chi connectivity index (χ0v) is 24.4. The van der Waals surface area contributed by atoms with Gasteiger partial charge in [-0.05, 0) is 67.5 Å². The number of anilines is 1. The van der Waals surface area contributed by atoms with Crippen LogP contribution in [0.5, 0.6) is 0 Å². The summed E-state index contributed by atoms with van der Waals surface area (Å²) in [4.78, 5) is 33.1. The van der Waals surface area contributed by atoms with Crippen LogP contribution in [0.4, 0.5) is 19.1 Å². The van der Waals surface area contributed by atoms with Crippen molar-refractivity contribution in [2.75, 3.05) is 57.9 Å². The maximum absolute atomic E-state index is 13.3. The van der Waals surface area contributed by atoms with E-state index in [1.165, 1.54) is 12.1 Å². The second-order valence-corrected chi connectivity index (χ2v) is 11.6. The first-order valence-electron chi connectivity index (χ1n) is 15.0. The standard InChI is InChI=1S/C31H38F3N5O5/c32-31(33,34)24-3-1-2-23(17-24)29(43)36-30-35-26-16-22(6-9-27(26)39(30)25-7-4-21(19-40)5-8-25)18-38-12-10-37(11-13-38)14-15-44-20-28(41)42/h1-3,6,9,16-17,21,25,40H,4-5,7-8,10-15,18-20H2,(H,41,42)(H,35,36,43)/t21-,25+. The Bertz CT molecular complexity index is 1450. The number of aliphatic carboxylic acids is 1. The van der Waals surface area contributed by atoms with Crippen molar-refractivity contribution in [3.8, 4) is 0 Å². The zero-order valence-electron chi connectivity index (χ0n) is 24.4. The lowest BCUT2D eigenvalue weighted by Gasteiger charge is -2.34. The number of carbonyl (C=O) groups excluding carboxylic acids is 1. The molecule has 13 heteroatoms. The topological polar surface area (TPSA) is 120 Å². The van der Waals surface area contributed by atoms with Gasteiger partial charge in [0.2, 0.25) is 5.95 Å². The summed E-state index contributed by atoms with van der Waals surface area (Å²) in [6.07, 6.45) is -1.32. The molecule has 3 aromatic rings. The average Bonchev–Trinajstić information content (AvgIpc) is 3.36. The lowest BCUT2D eigenvalue weighted by atomic mass is 9.86. The van der Waals surface area contributed by atoms with E-state index in [1.807, 2.05) is 22.8 Å². The molecule has 0 atom stereocenters. The number of benzene rings is 2. The van der Waals surface area contributed by atoms with Crippen molar-refractivity contribution in [1.29, 1.82) is 0 Å². The fraction of sp³-hybridized carbons (Fsp3) is 0.516. The van der Waals surface area contributed by atoms with Crippen molar-refractivity contribution in [3.63, 3.8) is 0 Å². The van der Waals surface area contributed by atoms with E-state index < -0.39 is 23.6 Å². The number of aliphatic hydroxyl groups excluding tert-OH is 1. The molecule has 5 rings (SSSR count). The van der Waals surface area contributed by atoms with Crippen molar-refractivity contribution in [1.82, 2.24) is 19.4 Å². The Morgan fingerprint density at radius 3 is 2.41 bits per heavy atom. The highest BCUT2D eigenvalue weighted by molar-refractivity contribution is 6.04. The molecule has 238 valence electrons. The molecule has 2 fully saturated rings. The van der Waals surface area contributed by atoms with Crippen molar-refractivity contribution < 1.29 is 37.7 Å². The number of ether oxygens (including phenoxy) is 1. The molecule has 3 N–H and O–H groups in total. The minimum atomic E-state index is -4.56. The Morgan fingerprint density at radius 1 is 1.00 bits per heavy atom. The van der Waals surface area contributed by atoms with Gasteiger partial charge >= 0.3 is 12.1 Å². The predicted octanol–water partition coefficient (Wildman–Crippen LogP) is 4.25. The van der Waals surface area contributed by atoms with E-state index in [9.17, 15) is 27.9 Å². The number of hydrogen-bond acceptors (Lipinski definition) is 7. The largest absolute Gasteiger partial charge is 0.480 e. The molecule has 0 spiro atoms. The maximum Gasteiger partial charge on any atom is 0.416 e. The highest BCUT2D eigenvalue weighted by atomic mass is 19.4. The Kier molecular flexibility index (Phi) is 10.2. The van der Waals surface area contributed by atoms with Gasteiger partial charge in [-0.15, -0.1) is 0 Å². The number of amides is 1. The van der Waals surface area contributed by atoms with Gasteiger partial charge in [0.15, 0.2) is 0 Å². The van der Waals surface area contributed by atoms with E-state index in [1.54, 1.807) is 0 Å². The molecular weight excluding hydrogens is 579 g/mol. The van der Waals surface area contributed by atoms with Crippen molar-refractivity contribution in [2.45, 2.75) is 44.4 Å². The van der Waals surface area contributed by atoms with Gasteiger partial charge < -0.3 is 19.5 Å². The van der Waals surface area contributed by atoms with E-state index in [0.29, 0.717) is 31.2 Å². The lowest BCUT2D eigenvalue weighted by molar-refractivity contribution is -0.142. The summed E-state index contributed by atoms with van der Waals surface area (Å²) < 4.78 is 47.0. The molecular formula is C31H38F3N5O5. The molecule has 1 aliphatic heterocycles. The monoisotopic (exact) mass is 617 g/mol. The van der Waals surface area contributed by atoms with Crippen molar-refractivity contribution in [3.05, 3.63) is 59.2 Å². The smallest absolute Gasteiger partial charge is 0.416 e. The molecule has 2 heterocycles. The molecule has 2 aromatic carbocycles. The van der Waals surface area contributed by atoms with Crippen LogP contribution in [-0.2, 0) is 22.3 Å². The van der Waals surface area contributed by atoms with Crippen LogP contribution in [0.2, 0.25) is 0 Å². The quantitative estimate of drug-likeness (QED) is 0.273. The number of rotatable bonds is 11. The first-order valence-corrected chi connectivity index (χ1v) is 15.0. The van der Waals surface area contributed by atoms with Crippen LogP contribution in [0, 0.1) is 5.92 Å². The summed E-state index contributed by atoms with van der Waals surface area (Å²) in [6.45, 7) is 4.98. The maximum atomic E-state index is 13.3. The normalized spacial score (nSPS) is 20.2. The highest BCUT2D eigenvalue weighted by Crippen LogP contribution is 2.37. The van der Waals surface area contributed by atoms with Gasteiger partial charge in [0, 0.05) is 57.5 Å². The summed E-state index contributed by atoms with van der Waals surface area (Å²) in [5, 5.41) is 21.1. The molecule has 1 amide bonds. The van der Waals surface area contributed by atoms with Gasteiger partial charge in [-0.3, -0.25) is 19.9 Å². The van der Waals surface area contributed by atoms with E-state index in [2.05, 4.69) is 15.1 Å². The second kappa shape index (κ2) is 14.1. The van der Waals surface area contributed by atoms with Gasteiger partial charge in [0.25, 0.3) is 5.91 Å². The van der Waals surface area contributed by atoms with Crippen molar-refractivity contribution >= 4 is 28.9 Å². The number of carbonyl (C=O) groups is 2. The summed E-state index contributed by atoms with van der Waals surface area (Å²) in [6, 6.07) is 10.4. The fourth-order valence-corrected chi connectivity index (χ4v) is 6.08. The molecule has 0 unspecified atom stereocenters.